The SMILES string of the molecule is COc1cnc2ccc(C(C)c3nnc4c(F)cc(-c5cc(F)cc(F)c5)cn34)cc2c1. The van der Waals surface area contributed by atoms with Gasteiger partial charge in [-0.15, -0.1) is 10.2 Å². The Balaban J connectivity index is 1.62. The van der Waals surface area contributed by atoms with Gasteiger partial charge >= 0.3 is 0 Å². The van der Waals surface area contributed by atoms with Gasteiger partial charge in [0, 0.05) is 29.1 Å². The Morgan fingerprint density at radius 2 is 1.69 bits per heavy atom. The molecular weight excluding hydrogens is 417 g/mol. The van der Waals surface area contributed by atoms with Gasteiger partial charge in [-0.2, -0.15) is 0 Å². The van der Waals surface area contributed by atoms with Crippen LogP contribution in [-0.2, 0) is 0 Å². The largest absolute Gasteiger partial charge is 0.495 e. The highest BCUT2D eigenvalue weighted by Gasteiger charge is 2.19. The van der Waals surface area contributed by atoms with Gasteiger partial charge in [0.25, 0.3) is 0 Å². The monoisotopic (exact) mass is 434 g/mol. The maximum absolute atomic E-state index is 14.8. The van der Waals surface area contributed by atoms with Crippen LogP contribution < -0.4 is 4.74 Å². The summed E-state index contributed by atoms with van der Waals surface area (Å²) >= 11 is 0. The first-order valence-electron chi connectivity index (χ1n) is 9.87. The van der Waals surface area contributed by atoms with Crippen LogP contribution in [0.2, 0.25) is 0 Å². The maximum atomic E-state index is 14.8. The molecule has 0 aliphatic heterocycles. The van der Waals surface area contributed by atoms with Crippen molar-refractivity contribution >= 4 is 16.6 Å². The highest BCUT2D eigenvalue weighted by Crippen LogP contribution is 2.30. The van der Waals surface area contributed by atoms with Crippen LogP contribution in [0.25, 0.3) is 27.7 Å². The van der Waals surface area contributed by atoms with E-state index < -0.39 is 17.5 Å². The summed E-state index contributed by atoms with van der Waals surface area (Å²) < 4.78 is 48.9. The molecule has 3 aromatic heterocycles. The number of hydrogen-bond acceptors (Lipinski definition) is 4. The number of pyridine rings is 2. The van der Waals surface area contributed by atoms with Crippen LogP contribution in [0, 0.1) is 17.5 Å². The molecule has 5 nitrogen and oxygen atoms in total. The van der Waals surface area contributed by atoms with Gasteiger partial charge in [0.15, 0.2) is 11.5 Å². The maximum Gasteiger partial charge on any atom is 0.196 e. The van der Waals surface area contributed by atoms with E-state index in [1.807, 2.05) is 31.2 Å². The molecule has 0 saturated heterocycles. The minimum absolute atomic E-state index is 0.0385. The number of aromatic nitrogens is 4. The van der Waals surface area contributed by atoms with Crippen LogP contribution in [0.4, 0.5) is 13.2 Å². The summed E-state index contributed by atoms with van der Waals surface area (Å²) in [4.78, 5) is 4.37. The summed E-state index contributed by atoms with van der Waals surface area (Å²) in [7, 11) is 1.58. The third-order valence-electron chi connectivity index (χ3n) is 5.49. The summed E-state index contributed by atoms with van der Waals surface area (Å²) in [6.07, 6.45) is 3.24. The van der Waals surface area contributed by atoms with E-state index in [0.29, 0.717) is 17.1 Å². The number of nitrogens with zero attached hydrogens (tertiary/aromatic N) is 4. The predicted octanol–water partition coefficient (Wildman–Crippen LogP) is 5.52. The lowest BCUT2D eigenvalue weighted by Crippen LogP contribution is -2.04. The van der Waals surface area contributed by atoms with Crippen molar-refractivity contribution in [3.8, 4) is 16.9 Å². The van der Waals surface area contributed by atoms with Gasteiger partial charge in [0.2, 0.25) is 0 Å². The number of rotatable bonds is 4. The molecule has 1 atom stereocenters. The van der Waals surface area contributed by atoms with Crippen molar-refractivity contribution in [3.05, 3.63) is 89.8 Å². The quantitative estimate of drug-likeness (QED) is 0.374. The summed E-state index contributed by atoms with van der Waals surface area (Å²) in [5.41, 5.74) is 2.31. The molecule has 0 amide bonds. The van der Waals surface area contributed by atoms with E-state index >= 15 is 0 Å². The summed E-state index contributed by atoms with van der Waals surface area (Å²) in [6.45, 7) is 1.93. The van der Waals surface area contributed by atoms with Gasteiger partial charge in [0.05, 0.1) is 18.8 Å². The van der Waals surface area contributed by atoms with Crippen LogP contribution in [0.5, 0.6) is 5.75 Å². The molecule has 1 unspecified atom stereocenters. The molecule has 160 valence electrons. The van der Waals surface area contributed by atoms with Crippen LogP contribution >= 0.6 is 0 Å². The van der Waals surface area contributed by atoms with Gasteiger partial charge in [-0.25, -0.2) is 13.2 Å². The predicted molar refractivity (Wildman–Crippen MR) is 114 cm³/mol. The fourth-order valence-electron chi connectivity index (χ4n) is 3.80. The normalized spacial score (nSPS) is 12.4. The molecule has 0 radical (unpaired) electrons. The Morgan fingerprint density at radius 1 is 0.906 bits per heavy atom. The zero-order valence-electron chi connectivity index (χ0n) is 17.2. The topological polar surface area (TPSA) is 52.3 Å². The van der Waals surface area contributed by atoms with Crippen LogP contribution in [-0.4, -0.2) is 26.7 Å². The summed E-state index contributed by atoms with van der Waals surface area (Å²) in [5, 5.41) is 9.08. The number of ether oxygens (including phenoxy) is 1. The molecule has 32 heavy (non-hydrogen) atoms. The molecule has 0 saturated carbocycles. The number of hydrogen-bond donors (Lipinski definition) is 0. The van der Waals surface area contributed by atoms with Gasteiger partial charge in [-0.1, -0.05) is 13.0 Å². The van der Waals surface area contributed by atoms with E-state index in [4.69, 9.17) is 4.74 Å². The van der Waals surface area contributed by atoms with E-state index in [1.54, 1.807) is 19.5 Å². The zero-order valence-corrected chi connectivity index (χ0v) is 17.2. The van der Waals surface area contributed by atoms with E-state index in [9.17, 15) is 13.2 Å². The van der Waals surface area contributed by atoms with Crippen molar-refractivity contribution in [3.63, 3.8) is 0 Å². The fraction of sp³-hybridized carbons (Fsp3) is 0.125. The molecule has 0 spiro atoms. The first-order valence-corrected chi connectivity index (χ1v) is 9.87. The highest BCUT2D eigenvalue weighted by atomic mass is 19.1. The minimum Gasteiger partial charge on any atom is -0.495 e. The molecule has 5 aromatic rings. The highest BCUT2D eigenvalue weighted by molar-refractivity contribution is 5.80. The third-order valence-corrected chi connectivity index (χ3v) is 5.49. The average molecular weight is 434 g/mol. The fourth-order valence-corrected chi connectivity index (χ4v) is 3.80. The molecule has 0 N–H and O–H groups in total. The first kappa shape index (κ1) is 20.0. The van der Waals surface area contributed by atoms with Gasteiger partial charge in [-0.05, 0) is 47.5 Å². The second-order valence-electron chi connectivity index (χ2n) is 7.54. The smallest absolute Gasteiger partial charge is 0.196 e. The Bertz CT molecular complexity index is 1460. The van der Waals surface area contributed by atoms with Gasteiger partial charge in [-0.3, -0.25) is 9.38 Å². The minimum atomic E-state index is -0.738. The van der Waals surface area contributed by atoms with Crippen LogP contribution in [0.15, 0.2) is 60.9 Å². The Labute approximate surface area is 181 Å². The molecule has 0 aliphatic rings. The first-order chi connectivity index (χ1) is 15.4. The Kier molecular flexibility index (Phi) is 4.77. The second kappa shape index (κ2) is 7.64. The van der Waals surface area contributed by atoms with Crippen molar-refractivity contribution < 1.29 is 17.9 Å². The van der Waals surface area contributed by atoms with Crippen molar-refractivity contribution in [1.29, 1.82) is 0 Å². The summed E-state index contributed by atoms with van der Waals surface area (Å²) in [5.74, 6) is -1.22. The molecule has 8 heteroatoms. The van der Waals surface area contributed by atoms with Crippen molar-refractivity contribution in [1.82, 2.24) is 19.6 Å². The van der Waals surface area contributed by atoms with E-state index in [1.165, 1.54) is 10.5 Å². The van der Waals surface area contributed by atoms with Crippen molar-refractivity contribution in [2.45, 2.75) is 12.8 Å². The van der Waals surface area contributed by atoms with E-state index in [0.717, 1.165) is 34.7 Å². The van der Waals surface area contributed by atoms with E-state index in [-0.39, 0.29) is 17.1 Å². The second-order valence-corrected chi connectivity index (χ2v) is 7.54. The molecular formula is C24H17F3N4O. The van der Waals surface area contributed by atoms with Crippen molar-refractivity contribution in [2.24, 2.45) is 0 Å². The molecule has 0 aliphatic carbocycles. The molecule has 3 heterocycles. The Hall–Kier alpha value is -3.94. The third kappa shape index (κ3) is 3.43. The molecule has 0 bridgehead atoms. The lowest BCUT2D eigenvalue weighted by Gasteiger charge is -2.13. The number of halogens is 3. The van der Waals surface area contributed by atoms with Crippen LogP contribution in [0.1, 0.15) is 24.2 Å². The number of benzene rings is 2. The number of fused-ring (bicyclic) bond motifs is 2. The zero-order chi connectivity index (χ0) is 22.4. The lowest BCUT2D eigenvalue weighted by molar-refractivity contribution is 0.414. The van der Waals surface area contributed by atoms with Gasteiger partial charge in [0.1, 0.15) is 23.2 Å². The Morgan fingerprint density at radius 3 is 2.44 bits per heavy atom. The van der Waals surface area contributed by atoms with E-state index in [2.05, 4.69) is 15.2 Å². The average Bonchev–Trinajstić information content (AvgIpc) is 3.21. The molecule has 2 aromatic carbocycles. The van der Waals surface area contributed by atoms with Crippen LogP contribution in [0.3, 0.4) is 0 Å². The lowest BCUT2D eigenvalue weighted by atomic mass is 9.98. The van der Waals surface area contributed by atoms with Gasteiger partial charge < -0.3 is 4.74 Å². The molecule has 5 rings (SSSR count). The molecule has 0 fully saturated rings. The number of methoxy groups -OCH3 is 1. The standard InChI is InChI=1S/C24H17F3N4O/c1-13(14-3-4-22-16(5-14)8-20(32-2)11-28-22)23-29-30-24-21(27)9-17(12-31(23)24)15-6-18(25)10-19(26)7-15/h3-13H,1-2H3. The summed E-state index contributed by atoms with van der Waals surface area (Å²) in [6, 6.07) is 12.0. The van der Waals surface area contributed by atoms with Crippen molar-refractivity contribution in [2.75, 3.05) is 7.11 Å².